The predicted molar refractivity (Wildman–Crippen MR) is 117 cm³/mol. The van der Waals surface area contributed by atoms with Gasteiger partial charge in [-0.15, -0.1) is 13.2 Å². The monoisotopic (exact) mass is 503 g/mol. The number of amides is 5. The van der Waals surface area contributed by atoms with Gasteiger partial charge in [-0.25, -0.2) is 14.0 Å². The van der Waals surface area contributed by atoms with Gasteiger partial charge in [0.1, 0.15) is 11.6 Å². The molecule has 1 heterocycles. The van der Waals surface area contributed by atoms with Crippen LogP contribution in [-0.2, 0) is 11.3 Å². The molecule has 1 saturated heterocycles. The Morgan fingerprint density at radius 2 is 1.83 bits per heavy atom. The van der Waals surface area contributed by atoms with Crippen molar-refractivity contribution in [2.45, 2.75) is 50.7 Å². The maximum atomic E-state index is 14.3. The minimum Gasteiger partial charge on any atom is -0.406 e. The van der Waals surface area contributed by atoms with Crippen LogP contribution in [0, 0.1) is 11.7 Å². The normalized spacial score (nSPS) is 20.1. The van der Waals surface area contributed by atoms with Crippen molar-refractivity contribution in [1.29, 1.82) is 0 Å². The lowest BCUT2D eigenvalue weighted by Crippen LogP contribution is -2.58. The van der Waals surface area contributed by atoms with Gasteiger partial charge in [0.15, 0.2) is 0 Å². The molecule has 13 heteroatoms. The third-order valence-corrected chi connectivity index (χ3v) is 6.03. The summed E-state index contributed by atoms with van der Waals surface area (Å²) in [6.07, 6.45) is -2.66. The standard InChI is InChI=1S/C22H29F4N5O4/c1-27-19(32)8-13-7-16(12-30(11-13)20(33)28-2)31(15-4-5-15)21(34)29-10-14-3-6-17(9-18(14)23)35-22(24,25)26/h3,6,9,13,15-16H,4-5,7-8,10-12H2,1-2H3,(H,27,32)(H,28,33)(H,29,34). The highest BCUT2D eigenvalue weighted by molar-refractivity contribution is 5.78. The molecule has 5 amide bonds. The van der Waals surface area contributed by atoms with Crippen molar-refractivity contribution in [2.24, 2.45) is 5.92 Å². The Morgan fingerprint density at radius 3 is 2.40 bits per heavy atom. The number of benzene rings is 1. The minimum atomic E-state index is -4.94. The number of ether oxygens (including phenoxy) is 1. The number of alkyl halides is 3. The lowest BCUT2D eigenvalue weighted by molar-refractivity contribution is -0.274. The number of carbonyl (C=O) groups excluding carboxylic acids is 3. The average molecular weight is 503 g/mol. The third-order valence-electron chi connectivity index (χ3n) is 6.03. The van der Waals surface area contributed by atoms with Gasteiger partial charge in [-0.2, -0.15) is 0 Å². The highest BCUT2D eigenvalue weighted by Gasteiger charge is 2.42. The summed E-state index contributed by atoms with van der Waals surface area (Å²) in [5.74, 6) is -1.95. The van der Waals surface area contributed by atoms with Gasteiger partial charge in [-0.3, -0.25) is 4.79 Å². The average Bonchev–Trinajstić information content (AvgIpc) is 3.61. The molecule has 1 aromatic carbocycles. The van der Waals surface area contributed by atoms with E-state index >= 15 is 0 Å². The van der Waals surface area contributed by atoms with Crippen molar-refractivity contribution in [3.8, 4) is 5.75 Å². The van der Waals surface area contributed by atoms with Crippen LogP contribution in [0.25, 0.3) is 0 Å². The number of halogens is 4. The van der Waals surface area contributed by atoms with E-state index in [2.05, 4.69) is 20.7 Å². The molecule has 0 spiro atoms. The summed E-state index contributed by atoms with van der Waals surface area (Å²) in [4.78, 5) is 40.6. The molecular weight excluding hydrogens is 474 g/mol. The summed E-state index contributed by atoms with van der Waals surface area (Å²) >= 11 is 0. The van der Waals surface area contributed by atoms with Crippen LogP contribution in [0.3, 0.4) is 0 Å². The van der Waals surface area contributed by atoms with Gasteiger partial charge in [0.25, 0.3) is 0 Å². The molecular formula is C22H29F4N5O4. The maximum Gasteiger partial charge on any atom is 0.573 e. The first-order valence-electron chi connectivity index (χ1n) is 11.3. The van der Waals surface area contributed by atoms with Gasteiger partial charge in [-0.1, -0.05) is 6.07 Å². The van der Waals surface area contributed by atoms with Crippen LogP contribution in [0.15, 0.2) is 18.2 Å². The zero-order valence-electron chi connectivity index (χ0n) is 19.5. The van der Waals surface area contributed by atoms with E-state index in [0.29, 0.717) is 19.0 Å². The van der Waals surface area contributed by atoms with E-state index in [9.17, 15) is 31.9 Å². The fourth-order valence-corrected chi connectivity index (χ4v) is 4.33. The van der Waals surface area contributed by atoms with E-state index in [-0.39, 0.29) is 55.0 Å². The van der Waals surface area contributed by atoms with E-state index in [4.69, 9.17) is 0 Å². The molecule has 3 N–H and O–H groups in total. The van der Waals surface area contributed by atoms with Crippen LogP contribution < -0.4 is 20.7 Å². The summed E-state index contributed by atoms with van der Waals surface area (Å²) < 4.78 is 55.0. The summed E-state index contributed by atoms with van der Waals surface area (Å²) in [5.41, 5.74) is -0.00301. The Hall–Kier alpha value is -3.25. The Kier molecular flexibility index (Phi) is 8.28. The number of hydrogen-bond acceptors (Lipinski definition) is 4. The number of carbonyl (C=O) groups is 3. The fourth-order valence-electron chi connectivity index (χ4n) is 4.33. The highest BCUT2D eigenvalue weighted by Crippen LogP contribution is 2.33. The van der Waals surface area contributed by atoms with Gasteiger partial charge in [0.2, 0.25) is 5.91 Å². The molecule has 2 fully saturated rings. The molecule has 9 nitrogen and oxygen atoms in total. The molecule has 2 aliphatic rings. The van der Waals surface area contributed by atoms with Gasteiger partial charge < -0.3 is 30.5 Å². The van der Waals surface area contributed by atoms with Crippen LogP contribution in [-0.4, -0.2) is 73.4 Å². The molecule has 2 unspecified atom stereocenters. The topological polar surface area (TPSA) is 103 Å². The SMILES string of the molecule is CNC(=O)CC1CC(N(C(=O)NCc2ccc(OC(F)(F)F)cc2F)C2CC2)CN(C(=O)NC)C1. The number of nitrogens with one attached hydrogen (secondary N) is 3. The molecule has 0 radical (unpaired) electrons. The van der Waals surface area contributed by atoms with Crippen molar-refractivity contribution in [2.75, 3.05) is 27.2 Å². The first-order chi connectivity index (χ1) is 16.5. The first kappa shape index (κ1) is 26.4. The first-order valence-corrected chi connectivity index (χ1v) is 11.3. The van der Waals surface area contributed by atoms with Crippen LogP contribution in [0.5, 0.6) is 5.75 Å². The number of piperidine rings is 1. The number of nitrogens with zero attached hydrogens (tertiary/aromatic N) is 2. The Bertz CT molecular complexity index is 941. The lowest BCUT2D eigenvalue weighted by atomic mass is 9.90. The molecule has 35 heavy (non-hydrogen) atoms. The lowest BCUT2D eigenvalue weighted by Gasteiger charge is -2.42. The number of hydrogen-bond donors (Lipinski definition) is 3. The molecule has 1 aliphatic carbocycles. The minimum absolute atomic E-state index is 0.00301. The molecule has 1 aliphatic heterocycles. The number of likely N-dealkylation sites (tertiary alicyclic amines) is 1. The summed E-state index contributed by atoms with van der Waals surface area (Å²) in [5, 5.41) is 7.78. The van der Waals surface area contributed by atoms with E-state index in [0.717, 1.165) is 25.0 Å². The molecule has 2 atom stereocenters. The highest BCUT2D eigenvalue weighted by atomic mass is 19.4. The Morgan fingerprint density at radius 1 is 1.11 bits per heavy atom. The summed E-state index contributed by atoms with van der Waals surface area (Å²) in [6.45, 7) is 0.417. The Balaban J connectivity index is 1.69. The molecule has 1 saturated carbocycles. The predicted octanol–water partition coefficient (Wildman–Crippen LogP) is 2.56. The largest absolute Gasteiger partial charge is 0.573 e. The van der Waals surface area contributed by atoms with Gasteiger partial charge in [-0.05, 0) is 31.2 Å². The summed E-state index contributed by atoms with van der Waals surface area (Å²) in [7, 11) is 3.04. The second-order valence-electron chi connectivity index (χ2n) is 8.69. The molecule has 0 bridgehead atoms. The number of urea groups is 2. The van der Waals surface area contributed by atoms with Crippen LogP contribution in [0.4, 0.5) is 27.2 Å². The quantitative estimate of drug-likeness (QED) is 0.498. The van der Waals surface area contributed by atoms with Crippen molar-refractivity contribution < 1.29 is 36.7 Å². The van der Waals surface area contributed by atoms with Crippen molar-refractivity contribution >= 4 is 18.0 Å². The Labute approximate surface area is 200 Å². The van der Waals surface area contributed by atoms with Crippen LogP contribution in [0.1, 0.15) is 31.2 Å². The van der Waals surface area contributed by atoms with Gasteiger partial charge in [0.05, 0.1) is 6.04 Å². The van der Waals surface area contributed by atoms with Gasteiger partial charge >= 0.3 is 18.4 Å². The van der Waals surface area contributed by atoms with Crippen LogP contribution >= 0.6 is 0 Å². The van der Waals surface area contributed by atoms with Gasteiger partial charge in [0, 0.05) is 57.8 Å². The fraction of sp³-hybridized carbons (Fsp3) is 0.591. The summed E-state index contributed by atoms with van der Waals surface area (Å²) in [6, 6.07) is 1.53. The maximum absolute atomic E-state index is 14.3. The van der Waals surface area contributed by atoms with E-state index in [1.54, 1.807) is 9.80 Å². The van der Waals surface area contributed by atoms with E-state index < -0.39 is 24.0 Å². The zero-order chi connectivity index (χ0) is 25.8. The second kappa shape index (κ2) is 11.0. The van der Waals surface area contributed by atoms with E-state index in [1.807, 2.05) is 0 Å². The van der Waals surface area contributed by atoms with Crippen LogP contribution in [0.2, 0.25) is 0 Å². The molecule has 1 aromatic rings. The molecule has 0 aromatic heterocycles. The van der Waals surface area contributed by atoms with Crippen molar-refractivity contribution in [3.05, 3.63) is 29.6 Å². The smallest absolute Gasteiger partial charge is 0.406 e. The third kappa shape index (κ3) is 7.36. The van der Waals surface area contributed by atoms with Crippen molar-refractivity contribution in [1.82, 2.24) is 25.8 Å². The second-order valence-corrected chi connectivity index (χ2v) is 8.69. The molecule has 3 rings (SSSR count). The number of rotatable bonds is 7. The molecule has 194 valence electrons. The van der Waals surface area contributed by atoms with E-state index in [1.165, 1.54) is 14.1 Å². The zero-order valence-corrected chi connectivity index (χ0v) is 19.5. The van der Waals surface area contributed by atoms with Crippen molar-refractivity contribution in [3.63, 3.8) is 0 Å².